The molecule has 0 bridgehead atoms. The van der Waals surface area contributed by atoms with Gasteiger partial charge in [-0.05, 0) is 24.5 Å². The van der Waals surface area contributed by atoms with E-state index in [0.29, 0.717) is 31.5 Å². The van der Waals surface area contributed by atoms with Gasteiger partial charge in [-0.2, -0.15) is 0 Å². The lowest BCUT2D eigenvalue weighted by Crippen LogP contribution is -2.34. The molecule has 98 valence electrons. The van der Waals surface area contributed by atoms with Crippen molar-refractivity contribution in [3.8, 4) is 0 Å². The highest BCUT2D eigenvalue weighted by molar-refractivity contribution is 5.79. The van der Waals surface area contributed by atoms with E-state index in [9.17, 15) is 14.3 Å². The van der Waals surface area contributed by atoms with Gasteiger partial charge in [-0.25, -0.2) is 4.39 Å². The van der Waals surface area contributed by atoms with E-state index in [0.717, 1.165) is 0 Å². The van der Waals surface area contributed by atoms with E-state index in [-0.39, 0.29) is 17.6 Å². The summed E-state index contributed by atoms with van der Waals surface area (Å²) in [6.45, 7) is 2.81. The van der Waals surface area contributed by atoms with Crippen LogP contribution < -0.4 is 0 Å². The van der Waals surface area contributed by atoms with Gasteiger partial charge in [0.2, 0.25) is 5.91 Å². The molecule has 0 radical (unpaired) electrons. The minimum atomic E-state index is -0.408. The van der Waals surface area contributed by atoms with Crippen molar-refractivity contribution in [2.24, 2.45) is 5.92 Å². The molecule has 0 aromatic heterocycles. The quantitative estimate of drug-likeness (QED) is 0.886. The molecule has 1 unspecified atom stereocenters. The van der Waals surface area contributed by atoms with Gasteiger partial charge in [0, 0.05) is 19.0 Å². The number of benzene rings is 1. The molecule has 1 amide bonds. The molecule has 1 fully saturated rings. The topological polar surface area (TPSA) is 40.5 Å². The normalized spacial score (nSPS) is 21.1. The third kappa shape index (κ3) is 2.88. The number of rotatable bonds is 3. The number of β-amino-alcohol motifs (C(OH)–C–C–N with tert-alkyl or cyclic N) is 1. The molecule has 1 aromatic carbocycles. The molecule has 0 aliphatic carbocycles. The first-order chi connectivity index (χ1) is 8.58. The smallest absolute Gasteiger partial charge is 0.225 e. The Balaban J connectivity index is 1.98. The lowest BCUT2D eigenvalue weighted by Gasteiger charge is -2.20. The van der Waals surface area contributed by atoms with Gasteiger partial charge in [0.05, 0.1) is 6.10 Å². The van der Waals surface area contributed by atoms with Crippen molar-refractivity contribution in [3.05, 3.63) is 35.6 Å². The zero-order valence-electron chi connectivity index (χ0n) is 10.5. The molecule has 3 nitrogen and oxygen atoms in total. The molecule has 1 aliphatic rings. The number of likely N-dealkylation sites (tertiary alicyclic amines) is 1. The van der Waals surface area contributed by atoms with E-state index < -0.39 is 6.10 Å². The fraction of sp³-hybridized carbons (Fsp3) is 0.500. The van der Waals surface area contributed by atoms with Gasteiger partial charge in [-0.3, -0.25) is 4.79 Å². The van der Waals surface area contributed by atoms with Crippen LogP contribution in [0.3, 0.4) is 0 Å². The second-order valence-electron chi connectivity index (χ2n) is 4.92. The molecule has 18 heavy (non-hydrogen) atoms. The van der Waals surface area contributed by atoms with E-state index in [1.807, 2.05) is 0 Å². The Morgan fingerprint density at radius 1 is 1.56 bits per heavy atom. The Labute approximate surface area is 106 Å². The standard InChI is InChI=1S/C14H18FNO2/c1-10(8-11-4-2-3-5-13(11)15)14(18)16-7-6-12(17)9-16/h2-5,10,12,17H,6-9H2,1H3/t10?,12-/m0/s1. The van der Waals surface area contributed by atoms with Gasteiger partial charge in [-0.15, -0.1) is 0 Å². The number of halogens is 1. The van der Waals surface area contributed by atoms with Crippen LogP contribution in [0.4, 0.5) is 4.39 Å². The number of hydrogen-bond donors (Lipinski definition) is 1. The summed E-state index contributed by atoms with van der Waals surface area (Å²) in [5, 5.41) is 9.41. The third-order valence-electron chi connectivity index (χ3n) is 3.38. The number of hydrogen-bond acceptors (Lipinski definition) is 2. The SMILES string of the molecule is CC(Cc1ccccc1F)C(=O)N1CC[C@H](O)C1. The lowest BCUT2D eigenvalue weighted by atomic mass is 9.99. The zero-order chi connectivity index (χ0) is 13.1. The molecule has 2 rings (SSSR count). The number of nitrogens with zero attached hydrogens (tertiary/aromatic N) is 1. The van der Waals surface area contributed by atoms with Crippen molar-refractivity contribution < 1.29 is 14.3 Å². The monoisotopic (exact) mass is 251 g/mol. The third-order valence-corrected chi connectivity index (χ3v) is 3.38. The first kappa shape index (κ1) is 13.0. The van der Waals surface area contributed by atoms with Crippen molar-refractivity contribution in [2.45, 2.75) is 25.9 Å². The fourth-order valence-electron chi connectivity index (χ4n) is 2.33. The molecular formula is C14H18FNO2. The van der Waals surface area contributed by atoms with Crippen LogP contribution in [0.2, 0.25) is 0 Å². The van der Waals surface area contributed by atoms with Crippen LogP contribution in [0.25, 0.3) is 0 Å². The summed E-state index contributed by atoms with van der Waals surface area (Å²) in [4.78, 5) is 13.8. The summed E-state index contributed by atoms with van der Waals surface area (Å²) < 4.78 is 13.5. The van der Waals surface area contributed by atoms with Crippen molar-refractivity contribution in [1.82, 2.24) is 4.90 Å². The zero-order valence-corrected chi connectivity index (χ0v) is 10.5. The Morgan fingerprint density at radius 3 is 2.89 bits per heavy atom. The minimum Gasteiger partial charge on any atom is -0.391 e. The molecule has 4 heteroatoms. The van der Waals surface area contributed by atoms with Gasteiger partial charge in [-0.1, -0.05) is 25.1 Å². The number of amides is 1. The van der Waals surface area contributed by atoms with E-state index >= 15 is 0 Å². The molecule has 1 saturated heterocycles. The summed E-state index contributed by atoms with van der Waals surface area (Å²) in [5.74, 6) is -0.527. The predicted octanol–water partition coefficient (Wildman–Crippen LogP) is 1.60. The maximum Gasteiger partial charge on any atom is 0.225 e. The van der Waals surface area contributed by atoms with Gasteiger partial charge in [0.25, 0.3) is 0 Å². The highest BCUT2D eigenvalue weighted by Gasteiger charge is 2.28. The molecule has 1 aliphatic heterocycles. The van der Waals surface area contributed by atoms with Crippen LogP contribution in [-0.2, 0) is 11.2 Å². The van der Waals surface area contributed by atoms with Crippen molar-refractivity contribution in [1.29, 1.82) is 0 Å². The summed E-state index contributed by atoms with van der Waals surface area (Å²) in [6.07, 6.45) is 0.630. The van der Waals surface area contributed by atoms with Gasteiger partial charge in [0.15, 0.2) is 0 Å². The number of carbonyl (C=O) groups excluding carboxylic acids is 1. The minimum absolute atomic E-state index is 0.00481. The van der Waals surface area contributed by atoms with Crippen LogP contribution in [0.1, 0.15) is 18.9 Å². The van der Waals surface area contributed by atoms with Crippen molar-refractivity contribution >= 4 is 5.91 Å². The number of carbonyl (C=O) groups is 1. The maximum absolute atomic E-state index is 13.5. The van der Waals surface area contributed by atoms with E-state index in [2.05, 4.69) is 0 Å². The summed E-state index contributed by atoms with van der Waals surface area (Å²) in [6, 6.07) is 6.53. The van der Waals surface area contributed by atoms with E-state index in [1.54, 1.807) is 30.0 Å². The molecule has 0 saturated carbocycles. The summed E-state index contributed by atoms with van der Waals surface area (Å²) in [5.41, 5.74) is 0.568. The number of aliphatic hydroxyl groups excluding tert-OH is 1. The Morgan fingerprint density at radius 2 is 2.28 bits per heavy atom. The molecule has 2 atom stereocenters. The molecule has 1 aromatic rings. The second kappa shape index (κ2) is 5.48. The maximum atomic E-state index is 13.5. The van der Waals surface area contributed by atoms with Gasteiger partial charge < -0.3 is 10.0 Å². The molecular weight excluding hydrogens is 233 g/mol. The summed E-state index contributed by atoms with van der Waals surface area (Å²) >= 11 is 0. The van der Waals surface area contributed by atoms with Crippen molar-refractivity contribution in [3.63, 3.8) is 0 Å². The highest BCUT2D eigenvalue weighted by Crippen LogP contribution is 2.17. The molecule has 1 N–H and O–H groups in total. The van der Waals surface area contributed by atoms with Gasteiger partial charge in [0.1, 0.15) is 5.82 Å². The van der Waals surface area contributed by atoms with Crippen LogP contribution in [-0.4, -0.2) is 35.1 Å². The predicted molar refractivity (Wildman–Crippen MR) is 66.5 cm³/mol. The van der Waals surface area contributed by atoms with Crippen LogP contribution in [0.5, 0.6) is 0 Å². The van der Waals surface area contributed by atoms with E-state index in [4.69, 9.17) is 0 Å². The van der Waals surface area contributed by atoms with Crippen LogP contribution in [0, 0.1) is 11.7 Å². The Kier molecular flexibility index (Phi) is 3.97. The molecule has 0 spiro atoms. The summed E-state index contributed by atoms with van der Waals surface area (Å²) in [7, 11) is 0. The molecule has 1 heterocycles. The lowest BCUT2D eigenvalue weighted by molar-refractivity contribution is -0.134. The van der Waals surface area contributed by atoms with Crippen molar-refractivity contribution in [2.75, 3.05) is 13.1 Å². The highest BCUT2D eigenvalue weighted by atomic mass is 19.1. The second-order valence-corrected chi connectivity index (χ2v) is 4.92. The van der Waals surface area contributed by atoms with Crippen LogP contribution >= 0.6 is 0 Å². The Bertz CT molecular complexity index is 436. The average molecular weight is 251 g/mol. The first-order valence-corrected chi connectivity index (χ1v) is 6.28. The van der Waals surface area contributed by atoms with Crippen LogP contribution in [0.15, 0.2) is 24.3 Å². The Hall–Kier alpha value is -1.42. The average Bonchev–Trinajstić information content (AvgIpc) is 2.78. The largest absolute Gasteiger partial charge is 0.391 e. The van der Waals surface area contributed by atoms with Gasteiger partial charge >= 0.3 is 0 Å². The fourth-order valence-corrected chi connectivity index (χ4v) is 2.33. The van der Waals surface area contributed by atoms with E-state index in [1.165, 1.54) is 6.07 Å². The first-order valence-electron chi connectivity index (χ1n) is 6.28. The number of aliphatic hydroxyl groups is 1.